The summed E-state index contributed by atoms with van der Waals surface area (Å²) in [7, 11) is 0. The molecule has 1 unspecified atom stereocenters. The Labute approximate surface area is 144 Å². The average Bonchev–Trinajstić information content (AvgIpc) is 3.04. The Morgan fingerprint density at radius 3 is 2.96 bits per heavy atom. The highest BCUT2D eigenvalue weighted by atomic mass is 35.5. The number of carbonyl (C=O) groups is 1. The zero-order chi connectivity index (χ0) is 15.8. The molecule has 23 heavy (non-hydrogen) atoms. The molecule has 3 nitrogen and oxygen atoms in total. The normalized spacial score (nSPS) is 19.3. The van der Waals surface area contributed by atoms with Crippen LogP contribution in [0.3, 0.4) is 0 Å². The van der Waals surface area contributed by atoms with Crippen molar-refractivity contribution in [3.8, 4) is 16.9 Å². The van der Waals surface area contributed by atoms with Crippen LogP contribution in [-0.4, -0.2) is 18.6 Å². The van der Waals surface area contributed by atoms with E-state index < -0.39 is 0 Å². The molecule has 2 aliphatic rings. The summed E-state index contributed by atoms with van der Waals surface area (Å²) in [4.78, 5) is 11.8. The smallest absolute Gasteiger partial charge is 0.220 e. The zero-order valence-corrected chi connectivity index (χ0v) is 14.3. The fraction of sp³-hybridized carbons (Fsp3) is 0.389. The van der Waals surface area contributed by atoms with Gasteiger partial charge in [-0.3, -0.25) is 4.79 Å². The average molecular weight is 348 g/mol. The molecule has 1 aromatic heterocycles. The summed E-state index contributed by atoms with van der Waals surface area (Å²) in [6.07, 6.45) is 3.81. The largest absolute Gasteiger partial charge is 0.486 e. The van der Waals surface area contributed by atoms with E-state index in [-0.39, 0.29) is 12.0 Å². The number of rotatable bonds is 5. The van der Waals surface area contributed by atoms with Crippen molar-refractivity contribution in [2.45, 2.75) is 31.8 Å². The lowest BCUT2D eigenvalue weighted by Crippen LogP contribution is -2.34. The number of ether oxygens (including phenoxy) is 1. The molecule has 1 fully saturated rings. The summed E-state index contributed by atoms with van der Waals surface area (Å²) >= 11 is 8.06. The van der Waals surface area contributed by atoms with E-state index in [1.165, 1.54) is 18.4 Å². The molecule has 5 heteroatoms. The van der Waals surface area contributed by atoms with Gasteiger partial charge in [-0.15, -0.1) is 0 Å². The van der Waals surface area contributed by atoms with E-state index in [9.17, 15) is 4.79 Å². The summed E-state index contributed by atoms with van der Waals surface area (Å²) in [6.45, 7) is 0.546. The van der Waals surface area contributed by atoms with Gasteiger partial charge >= 0.3 is 0 Å². The van der Waals surface area contributed by atoms with Crippen molar-refractivity contribution in [1.29, 1.82) is 0 Å². The number of carbonyl (C=O) groups excluding carboxylic acids is 1. The molecule has 1 saturated carbocycles. The highest BCUT2D eigenvalue weighted by molar-refractivity contribution is 7.08. The maximum absolute atomic E-state index is 11.8. The van der Waals surface area contributed by atoms with Gasteiger partial charge in [0, 0.05) is 18.4 Å². The summed E-state index contributed by atoms with van der Waals surface area (Å²) in [5, 5.41) is 7.81. The number of halogens is 1. The minimum Gasteiger partial charge on any atom is -0.486 e. The second-order valence-corrected chi connectivity index (χ2v) is 7.54. The van der Waals surface area contributed by atoms with E-state index in [4.69, 9.17) is 16.3 Å². The summed E-state index contributed by atoms with van der Waals surface area (Å²) in [5.41, 5.74) is 3.43. The molecule has 1 N–H and O–H groups in total. The number of fused-ring (bicyclic) bond motifs is 1. The van der Waals surface area contributed by atoms with Gasteiger partial charge in [-0.25, -0.2) is 0 Å². The molecule has 2 heterocycles. The Bertz CT molecular complexity index is 725. The minimum absolute atomic E-state index is 0.0247. The number of thiophene rings is 1. The van der Waals surface area contributed by atoms with Crippen LogP contribution in [0.25, 0.3) is 11.1 Å². The van der Waals surface area contributed by atoms with Gasteiger partial charge in [0.25, 0.3) is 0 Å². The van der Waals surface area contributed by atoms with Crippen molar-refractivity contribution in [3.63, 3.8) is 0 Å². The zero-order valence-electron chi connectivity index (χ0n) is 12.7. The number of hydrogen-bond donors (Lipinski definition) is 1. The molecule has 0 bridgehead atoms. The van der Waals surface area contributed by atoms with Crippen LogP contribution in [0.15, 0.2) is 29.0 Å². The monoisotopic (exact) mass is 347 g/mol. The van der Waals surface area contributed by atoms with Gasteiger partial charge in [0.05, 0.1) is 11.6 Å². The van der Waals surface area contributed by atoms with Crippen molar-refractivity contribution in [1.82, 2.24) is 5.32 Å². The maximum atomic E-state index is 11.8. The van der Waals surface area contributed by atoms with E-state index in [2.05, 4.69) is 28.2 Å². The Hall–Kier alpha value is -1.52. The molecule has 1 aliphatic heterocycles. The van der Waals surface area contributed by atoms with Gasteiger partial charge in [-0.05, 0) is 58.8 Å². The molecule has 1 amide bonds. The van der Waals surface area contributed by atoms with Crippen LogP contribution in [0, 0.1) is 5.92 Å². The highest BCUT2D eigenvalue weighted by Crippen LogP contribution is 2.40. The summed E-state index contributed by atoms with van der Waals surface area (Å²) in [5.74, 6) is 1.52. The summed E-state index contributed by atoms with van der Waals surface area (Å²) < 4.78 is 5.94. The molecule has 0 spiro atoms. The Kier molecular flexibility index (Phi) is 4.04. The predicted octanol–water partition coefficient (Wildman–Crippen LogP) is 4.29. The molecule has 1 aromatic carbocycles. The number of hydrogen-bond acceptors (Lipinski definition) is 3. The first-order chi connectivity index (χ1) is 11.2. The standard InChI is InChI=1S/C18H18ClNO2S/c19-16-8-13(12-3-4-23-10-12)6-14-7-15(22-18(14)16)9-20-17(21)5-11-1-2-11/h3-4,6,8,10-11,15H,1-2,5,7,9H2,(H,20,21). The SMILES string of the molecule is O=C(CC1CC1)NCC1Cc2cc(-c3ccsc3)cc(Cl)c2O1. The third-order valence-corrected chi connectivity index (χ3v) is 5.37. The van der Waals surface area contributed by atoms with Gasteiger partial charge in [-0.1, -0.05) is 11.6 Å². The lowest BCUT2D eigenvalue weighted by Gasteiger charge is -2.12. The topological polar surface area (TPSA) is 38.3 Å². The lowest BCUT2D eigenvalue weighted by atomic mass is 10.0. The fourth-order valence-corrected chi connectivity index (χ4v) is 3.93. The van der Waals surface area contributed by atoms with E-state index in [1.54, 1.807) is 11.3 Å². The van der Waals surface area contributed by atoms with Gasteiger partial charge in [-0.2, -0.15) is 11.3 Å². The Morgan fingerprint density at radius 2 is 2.22 bits per heavy atom. The first kappa shape index (κ1) is 15.0. The molecule has 4 rings (SSSR count). The van der Waals surface area contributed by atoms with Gasteiger partial charge < -0.3 is 10.1 Å². The quantitative estimate of drug-likeness (QED) is 0.876. The van der Waals surface area contributed by atoms with Crippen molar-refractivity contribution >= 4 is 28.8 Å². The van der Waals surface area contributed by atoms with Crippen LogP contribution < -0.4 is 10.1 Å². The van der Waals surface area contributed by atoms with Gasteiger partial charge in [0.15, 0.2) is 0 Å². The number of amides is 1. The molecule has 2 aromatic rings. The van der Waals surface area contributed by atoms with E-state index >= 15 is 0 Å². The number of benzene rings is 1. The first-order valence-corrected chi connectivity index (χ1v) is 9.29. The Balaban J connectivity index is 1.42. The van der Waals surface area contributed by atoms with Crippen molar-refractivity contribution in [3.05, 3.63) is 39.5 Å². The third kappa shape index (κ3) is 3.38. The Morgan fingerprint density at radius 1 is 1.35 bits per heavy atom. The van der Waals surface area contributed by atoms with Gasteiger partial charge in [0.1, 0.15) is 11.9 Å². The van der Waals surface area contributed by atoms with E-state index in [0.717, 1.165) is 23.3 Å². The van der Waals surface area contributed by atoms with Crippen molar-refractivity contribution in [2.75, 3.05) is 6.54 Å². The molecule has 0 saturated heterocycles. The van der Waals surface area contributed by atoms with Crippen molar-refractivity contribution in [2.24, 2.45) is 5.92 Å². The van der Waals surface area contributed by atoms with Crippen LogP contribution in [0.4, 0.5) is 0 Å². The van der Waals surface area contributed by atoms with Crippen LogP contribution in [0.1, 0.15) is 24.8 Å². The second kappa shape index (κ2) is 6.17. The van der Waals surface area contributed by atoms with Crippen LogP contribution in [0.5, 0.6) is 5.75 Å². The van der Waals surface area contributed by atoms with E-state index in [1.807, 2.05) is 6.07 Å². The predicted molar refractivity (Wildman–Crippen MR) is 93.2 cm³/mol. The highest BCUT2D eigenvalue weighted by Gasteiger charge is 2.28. The third-order valence-electron chi connectivity index (χ3n) is 4.41. The van der Waals surface area contributed by atoms with Crippen LogP contribution >= 0.6 is 22.9 Å². The number of nitrogens with one attached hydrogen (secondary N) is 1. The lowest BCUT2D eigenvalue weighted by molar-refractivity contribution is -0.121. The molecule has 0 radical (unpaired) electrons. The summed E-state index contributed by atoms with van der Waals surface area (Å²) in [6, 6.07) is 6.19. The van der Waals surface area contributed by atoms with Gasteiger partial charge in [0.2, 0.25) is 5.91 Å². The molecular weight excluding hydrogens is 330 g/mol. The molecular formula is C18H18ClNO2S. The van der Waals surface area contributed by atoms with Crippen molar-refractivity contribution < 1.29 is 9.53 Å². The molecule has 1 aliphatic carbocycles. The first-order valence-electron chi connectivity index (χ1n) is 7.97. The fourth-order valence-electron chi connectivity index (χ4n) is 2.98. The minimum atomic E-state index is -0.0247. The van der Waals surface area contributed by atoms with E-state index in [0.29, 0.717) is 23.9 Å². The van der Waals surface area contributed by atoms with Crippen LogP contribution in [0.2, 0.25) is 5.02 Å². The maximum Gasteiger partial charge on any atom is 0.220 e. The van der Waals surface area contributed by atoms with Crippen LogP contribution in [-0.2, 0) is 11.2 Å². The second-order valence-electron chi connectivity index (χ2n) is 6.35. The molecule has 120 valence electrons. The molecule has 1 atom stereocenters.